The van der Waals surface area contributed by atoms with Gasteiger partial charge in [0.1, 0.15) is 0 Å². The van der Waals surface area contributed by atoms with Crippen molar-refractivity contribution in [2.45, 2.75) is 259 Å². The molecule has 7 nitrogen and oxygen atoms in total. The number of alkyl halides is 1. The van der Waals surface area contributed by atoms with Crippen LogP contribution < -0.4 is 0 Å². The van der Waals surface area contributed by atoms with Crippen molar-refractivity contribution in [3.05, 3.63) is 18.0 Å². The molecular weight excluding hydrogens is 750 g/mol. The molecule has 0 N–H and O–H groups in total. The molecular formula is C52H98FN3O4. The minimum atomic E-state index is -0.273. The van der Waals surface area contributed by atoms with E-state index in [0.29, 0.717) is 19.6 Å². The summed E-state index contributed by atoms with van der Waals surface area (Å²) < 4.78 is 26.3. The van der Waals surface area contributed by atoms with Gasteiger partial charge in [-0.3, -0.25) is 23.6 Å². The van der Waals surface area contributed by atoms with Gasteiger partial charge in [-0.25, -0.2) is 0 Å². The highest BCUT2D eigenvalue weighted by Gasteiger charge is 2.20. The van der Waals surface area contributed by atoms with E-state index in [0.717, 1.165) is 135 Å². The highest BCUT2D eigenvalue weighted by Crippen LogP contribution is 2.22. The van der Waals surface area contributed by atoms with Crippen molar-refractivity contribution >= 4 is 11.9 Å². The van der Waals surface area contributed by atoms with Crippen molar-refractivity contribution in [2.75, 3.05) is 33.0 Å². The van der Waals surface area contributed by atoms with Gasteiger partial charge in [0.25, 0.3) is 0 Å². The molecule has 0 aliphatic carbocycles. The maximum Gasteiger partial charge on any atom is 0.308 e. The molecule has 60 heavy (non-hydrogen) atoms. The normalized spacial score (nSPS) is 12.6. The van der Waals surface area contributed by atoms with Crippen molar-refractivity contribution in [1.82, 2.24) is 14.7 Å². The Labute approximate surface area is 370 Å². The van der Waals surface area contributed by atoms with Crippen molar-refractivity contribution in [3.63, 3.8) is 0 Å². The molecule has 0 fully saturated rings. The lowest BCUT2D eigenvalue weighted by Gasteiger charge is -2.22. The zero-order valence-electron chi connectivity index (χ0n) is 40.2. The van der Waals surface area contributed by atoms with E-state index in [2.05, 4.69) is 43.9 Å². The maximum absolute atomic E-state index is 13.1. The summed E-state index contributed by atoms with van der Waals surface area (Å²) in [6, 6.07) is 0. The van der Waals surface area contributed by atoms with E-state index in [9.17, 15) is 14.0 Å². The molecule has 0 aromatic carbocycles. The Morgan fingerprint density at radius 2 is 0.917 bits per heavy atom. The minimum absolute atomic E-state index is 0.0418. The lowest BCUT2D eigenvalue weighted by Crippen LogP contribution is -2.25. The van der Waals surface area contributed by atoms with Crippen LogP contribution in [0.3, 0.4) is 0 Å². The average Bonchev–Trinajstić information content (AvgIpc) is 3.70. The molecule has 0 saturated carbocycles. The summed E-state index contributed by atoms with van der Waals surface area (Å²) >= 11 is 0. The largest absolute Gasteiger partial charge is 0.465 e. The lowest BCUT2D eigenvalue weighted by molar-refractivity contribution is -0.150. The quantitative estimate of drug-likeness (QED) is 0.0481. The van der Waals surface area contributed by atoms with Crippen LogP contribution in [0.1, 0.15) is 252 Å². The predicted octanol–water partition coefficient (Wildman–Crippen LogP) is 15.3. The van der Waals surface area contributed by atoms with E-state index >= 15 is 0 Å². The molecule has 1 aromatic heterocycles. The maximum atomic E-state index is 13.1. The number of nitrogens with zero attached hydrogens (tertiary/aromatic N) is 3. The fraction of sp³-hybridized carbons (Fsp3) is 0.904. The number of esters is 2. The second-order valence-corrected chi connectivity index (χ2v) is 18.2. The third kappa shape index (κ3) is 32.7. The zero-order chi connectivity index (χ0) is 43.6. The van der Waals surface area contributed by atoms with Gasteiger partial charge in [-0.2, -0.15) is 5.10 Å². The number of halogens is 1. The van der Waals surface area contributed by atoms with E-state index in [1.54, 1.807) is 0 Å². The molecule has 8 heteroatoms. The molecule has 1 aromatic rings. The van der Waals surface area contributed by atoms with Gasteiger partial charge in [-0.15, -0.1) is 0 Å². The molecule has 2 unspecified atom stereocenters. The summed E-state index contributed by atoms with van der Waals surface area (Å²) in [5.74, 6) is 0.226. The SMILES string of the molecule is CCCCCCCCC(CCCCCC)C(=O)OCCCCCCN(CCCCCCOC(=O)C(CCCCCC)CCCCCCCC)Cc1cnn(CCCCF)c1. The van der Waals surface area contributed by atoms with Gasteiger partial charge in [0.05, 0.1) is 37.9 Å². The number of ether oxygens (including phenoxy) is 2. The van der Waals surface area contributed by atoms with Gasteiger partial charge in [0.15, 0.2) is 0 Å². The Morgan fingerprint density at radius 1 is 0.533 bits per heavy atom. The van der Waals surface area contributed by atoms with Gasteiger partial charge in [0, 0.05) is 24.8 Å². The summed E-state index contributed by atoms with van der Waals surface area (Å²) in [5, 5.41) is 4.55. The molecule has 0 aliphatic heterocycles. The topological polar surface area (TPSA) is 73.7 Å². The predicted molar refractivity (Wildman–Crippen MR) is 252 cm³/mol. The van der Waals surface area contributed by atoms with Crippen LogP contribution in [0.15, 0.2) is 12.4 Å². The van der Waals surface area contributed by atoms with Crippen molar-refractivity contribution < 1.29 is 23.5 Å². The van der Waals surface area contributed by atoms with Crippen LogP contribution in [0.5, 0.6) is 0 Å². The molecule has 352 valence electrons. The summed E-state index contributed by atoms with van der Waals surface area (Å²) in [6.07, 6.45) is 42.6. The fourth-order valence-corrected chi connectivity index (χ4v) is 8.41. The van der Waals surface area contributed by atoms with Gasteiger partial charge in [-0.1, -0.05) is 182 Å². The molecule has 0 bridgehead atoms. The number of aryl methyl sites for hydroxylation is 1. The molecule has 2 atom stereocenters. The van der Waals surface area contributed by atoms with Crippen LogP contribution in [0.4, 0.5) is 4.39 Å². The molecule has 0 saturated heterocycles. The number of carbonyl (C=O) groups excluding carboxylic acids is 2. The van der Waals surface area contributed by atoms with E-state index in [1.807, 2.05) is 10.9 Å². The number of rotatable bonds is 46. The monoisotopic (exact) mass is 848 g/mol. The van der Waals surface area contributed by atoms with Gasteiger partial charge in [0.2, 0.25) is 0 Å². The lowest BCUT2D eigenvalue weighted by atomic mass is 9.94. The first kappa shape index (κ1) is 56.1. The van der Waals surface area contributed by atoms with Crippen LogP contribution in [-0.2, 0) is 32.2 Å². The molecule has 0 amide bonds. The first-order valence-electron chi connectivity index (χ1n) is 26.1. The summed E-state index contributed by atoms with van der Waals surface area (Å²) in [6.45, 7) is 13.5. The van der Waals surface area contributed by atoms with E-state index in [-0.39, 0.29) is 30.4 Å². The average molecular weight is 848 g/mol. The van der Waals surface area contributed by atoms with E-state index in [4.69, 9.17) is 9.47 Å². The highest BCUT2D eigenvalue weighted by molar-refractivity contribution is 5.72. The molecule has 0 spiro atoms. The van der Waals surface area contributed by atoms with Crippen LogP contribution >= 0.6 is 0 Å². The van der Waals surface area contributed by atoms with Crippen LogP contribution in [0.25, 0.3) is 0 Å². The van der Waals surface area contributed by atoms with Crippen molar-refractivity contribution in [2.24, 2.45) is 11.8 Å². The highest BCUT2D eigenvalue weighted by atomic mass is 19.1. The van der Waals surface area contributed by atoms with Crippen LogP contribution in [0, 0.1) is 11.8 Å². The zero-order valence-corrected chi connectivity index (χ0v) is 40.2. The third-order valence-electron chi connectivity index (χ3n) is 12.4. The Hall–Kier alpha value is -1.96. The number of aromatic nitrogens is 2. The number of unbranched alkanes of at least 4 members (excludes halogenated alkanes) is 23. The minimum Gasteiger partial charge on any atom is -0.465 e. The molecule has 1 rings (SSSR count). The Kier molecular flexibility index (Phi) is 39.6. The van der Waals surface area contributed by atoms with Crippen LogP contribution in [-0.4, -0.2) is 59.6 Å². The fourth-order valence-electron chi connectivity index (χ4n) is 8.41. The standard InChI is InChI=1S/C52H98FN3O4/c1-5-9-13-17-19-27-37-49(35-25-15-11-7-3)51(57)59-43-33-23-21-30-40-55(46-48-45-54-56(47-48)42-32-29-39-53)41-31-22-24-34-44-60-52(58)50(36-26-16-12-8-4)38-28-20-18-14-10-6-2/h45,47,49-50H,5-44,46H2,1-4H3. The van der Waals surface area contributed by atoms with Gasteiger partial charge in [-0.05, 0) is 77.3 Å². The second-order valence-electron chi connectivity index (χ2n) is 18.2. The van der Waals surface area contributed by atoms with E-state index in [1.165, 1.54) is 108 Å². The van der Waals surface area contributed by atoms with E-state index < -0.39 is 0 Å². The van der Waals surface area contributed by atoms with Gasteiger partial charge < -0.3 is 9.47 Å². The number of hydrogen-bond acceptors (Lipinski definition) is 6. The van der Waals surface area contributed by atoms with Crippen LogP contribution in [0.2, 0.25) is 0 Å². The van der Waals surface area contributed by atoms with Gasteiger partial charge >= 0.3 is 11.9 Å². The Balaban J connectivity index is 2.51. The Morgan fingerprint density at radius 3 is 1.35 bits per heavy atom. The summed E-state index contributed by atoms with van der Waals surface area (Å²) in [5.41, 5.74) is 1.21. The van der Waals surface area contributed by atoms with Crippen molar-refractivity contribution in [3.8, 4) is 0 Å². The smallest absolute Gasteiger partial charge is 0.308 e. The summed E-state index contributed by atoms with van der Waals surface area (Å²) in [4.78, 5) is 28.7. The number of hydrogen-bond donors (Lipinski definition) is 0. The summed E-state index contributed by atoms with van der Waals surface area (Å²) in [7, 11) is 0. The van der Waals surface area contributed by atoms with Crippen molar-refractivity contribution in [1.29, 1.82) is 0 Å². The second kappa shape index (κ2) is 42.3. The third-order valence-corrected chi connectivity index (χ3v) is 12.4. The molecule has 1 heterocycles. The molecule has 0 radical (unpaired) electrons. The first-order chi connectivity index (χ1) is 29.5. The Bertz CT molecular complexity index is 1030. The molecule has 0 aliphatic rings. The number of carbonyl (C=O) groups is 2. The first-order valence-corrected chi connectivity index (χ1v) is 26.1.